The number of rotatable bonds is 8. The van der Waals surface area contributed by atoms with Gasteiger partial charge in [0.05, 0.1) is 12.5 Å². The van der Waals surface area contributed by atoms with Crippen LogP contribution in [0.5, 0.6) is 0 Å². The Morgan fingerprint density at radius 2 is 1.76 bits per heavy atom. The van der Waals surface area contributed by atoms with Gasteiger partial charge in [0.1, 0.15) is 0 Å². The molecular formula is C13H28ClO2P. The minimum absolute atomic E-state index is 0. The Morgan fingerprint density at radius 3 is 2.12 bits per heavy atom. The van der Waals surface area contributed by atoms with E-state index >= 15 is 0 Å². The third-order valence-corrected chi connectivity index (χ3v) is 4.66. The lowest BCUT2D eigenvalue weighted by atomic mass is 9.85. The molecule has 0 aromatic rings. The minimum Gasteiger partial charge on any atom is -0.465 e. The summed E-state index contributed by atoms with van der Waals surface area (Å²) < 4.78 is 5.33. The zero-order valence-corrected chi connectivity index (χ0v) is 13.6. The highest BCUT2D eigenvalue weighted by molar-refractivity contribution is 7.19. The van der Waals surface area contributed by atoms with E-state index in [2.05, 4.69) is 36.9 Å². The number of halogens is 1. The van der Waals surface area contributed by atoms with Gasteiger partial charge in [0.15, 0.2) is 0 Å². The first-order valence-electron chi connectivity index (χ1n) is 6.51. The predicted molar refractivity (Wildman–Crippen MR) is 79.9 cm³/mol. The molecule has 0 spiro atoms. The van der Waals surface area contributed by atoms with E-state index in [1.165, 1.54) is 0 Å². The number of hydrogen-bond acceptors (Lipinski definition) is 2. The van der Waals surface area contributed by atoms with Gasteiger partial charge in [-0.25, -0.2) is 0 Å². The third-order valence-electron chi connectivity index (χ3n) is 3.45. The van der Waals surface area contributed by atoms with Gasteiger partial charge in [0.2, 0.25) is 0 Å². The molecule has 0 bridgehead atoms. The van der Waals surface area contributed by atoms with Crippen LogP contribution in [-0.2, 0) is 9.53 Å². The van der Waals surface area contributed by atoms with Crippen LogP contribution in [0.15, 0.2) is 0 Å². The van der Waals surface area contributed by atoms with E-state index in [4.69, 9.17) is 4.74 Å². The highest BCUT2D eigenvalue weighted by Crippen LogP contribution is 2.37. The number of esters is 1. The van der Waals surface area contributed by atoms with Gasteiger partial charge in [0.25, 0.3) is 0 Å². The van der Waals surface area contributed by atoms with Crippen LogP contribution < -0.4 is 0 Å². The van der Waals surface area contributed by atoms with Crippen LogP contribution in [0, 0.1) is 5.92 Å². The number of ether oxygens (including phenoxy) is 1. The van der Waals surface area contributed by atoms with Crippen LogP contribution >= 0.6 is 21.6 Å². The van der Waals surface area contributed by atoms with Crippen molar-refractivity contribution in [2.75, 3.05) is 6.61 Å². The standard InChI is InChI=1S/C13H27O2P.ClH/c1-5-9-10-15-12(14)11(6-2)13(16,7-3)8-4;/h11H,5-10,16H2,1-4H3;1H. The molecule has 104 valence electrons. The van der Waals surface area contributed by atoms with Crippen molar-refractivity contribution >= 4 is 27.6 Å². The highest BCUT2D eigenvalue weighted by Gasteiger charge is 2.36. The van der Waals surface area contributed by atoms with Crippen LogP contribution in [0.3, 0.4) is 0 Å². The number of unbranched alkanes of at least 4 members (excludes halogenated alkanes) is 1. The SMILES string of the molecule is CCCCOC(=O)C(CC)C(P)(CC)CC.Cl. The van der Waals surface area contributed by atoms with E-state index in [9.17, 15) is 4.79 Å². The molecule has 0 aromatic carbocycles. The van der Waals surface area contributed by atoms with Crippen molar-refractivity contribution < 1.29 is 9.53 Å². The molecule has 17 heavy (non-hydrogen) atoms. The van der Waals surface area contributed by atoms with Crippen molar-refractivity contribution in [3.63, 3.8) is 0 Å². The lowest BCUT2D eigenvalue weighted by Gasteiger charge is -2.33. The lowest BCUT2D eigenvalue weighted by Crippen LogP contribution is -2.36. The third kappa shape index (κ3) is 6.06. The molecule has 2 atom stereocenters. The molecule has 0 aliphatic heterocycles. The van der Waals surface area contributed by atoms with Crippen molar-refractivity contribution in [1.29, 1.82) is 0 Å². The summed E-state index contributed by atoms with van der Waals surface area (Å²) in [4.78, 5) is 12.0. The van der Waals surface area contributed by atoms with Gasteiger partial charge in [-0.15, -0.1) is 21.6 Å². The average Bonchev–Trinajstić information content (AvgIpc) is 2.30. The Labute approximate surface area is 115 Å². The second-order valence-electron chi connectivity index (χ2n) is 4.42. The smallest absolute Gasteiger partial charge is 0.309 e. The first kappa shape index (κ1) is 19.5. The van der Waals surface area contributed by atoms with Crippen molar-refractivity contribution in [3.05, 3.63) is 0 Å². The molecule has 0 heterocycles. The average molecular weight is 283 g/mol. The van der Waals surface area contributed by atoms with E-state index < -0.39 is 0 Å². The maximum atomic E-state index is 12.0. The summed E-state index contributed by atoms with van der Waals surface area (Å²) in [6.45, 7) is 9.01. The molecular weight excluding hydrogens is 255 g/mol. The first-order chi connectivity index (χ1) is 7.55. The summed E-state index contributed by atoms with van der Waals surface area (Å²) in [5.41, 5.74) is 0. The van der Waals surface area contributed by atoms with E-state index in [-0.39, 0.29) is 29.5 Å². The fraction of sp³-hybridized carbons (Fsp3) is 0.923. The van der Waals surface area contributed by atoms with E-state index in [0.29, 0.717) is 6.61 Å². The summed E-state index contributed by atoms with van der Waals surface area (Å²) in [5, 5.41) is 0.0120. The fourth-order valence-electron chi connectivity index (χ4n) is 1.97. The van der Waals surface area contributed by atoms with Crippen LogP contribution in [0.1, 0.15) is 59.8 Å². The summed E-state index contributed by atoms with van der Waals surface area (Å²) in [5.74, 6) is -0.000920. The Bertz CT molecular complexity index is 206. The molecule has 0 amide bonds. The second-order valence-corrected chi connectivity index (χ2v) is 5.57. The van der Waals surface area contributed by atoms with E-state index in [1.54, 1.807) is 0 Å². The Morgan fingerprint density at radius 1 is 1.24 bits per heavy atom. The molecule has 0 aliphatic carbocycles. The van der Waals surface area contributed by atoms with Gasteiger partial charge in [-0.1, -0.05) is 34.1 Å². The Balaban J connectivity index is 0. The summed E-state index contributed by atoms with van der Waals surface area (Å²) in [7, 11) is 2.87. The molecule has 4 heteroatoms. The van der Waals surface area contributed by atoms with Gasteiger partial charge in [0, 0.05) is 0 Å². The predicted octanol–water partition coefficient (Wildman–Crippen LogP) is 4.21. The molecule has 0 N–H and O–H groups in total. The monoisotopic (exact) mass is 282 g/mol. The van der Waals surface area contributed by atoms with Gasteiger partial charge < -0.3 is 4.74 Å². The van der Waals surface area contributed by atoms with Crippen molar-refractivity contribution in [1.82, 2.24) is 0 Å². The van der Waals surface area contributed by atoms with Gasteiger partial charge >= 0.3 is 5.97 Å². The summed E-state index contributed by atoms with van der Waals surface area (Å²) in [6.07, 6.45) is 4.88. The topological polar surface area (TPSA) is 26.3 Å². The molecule has 0 aliphatic rings. The molecule has 0 fully saturated rings. The van der Waals surface area contributed by atoms with Crippen LogP contribution in [0.25, 0.3) is 0 Å². The van der Waals surface area contributed by atoms with Crippen LogP contribution in [0.2, 0.25) is 0 Å². The molecule has 0 radical (unpaired) electrons. The highest BCUT2D eigenvalue weighted by atomic mass is 35.5. The molecule has 2 unspecified atom stereocenters. The first-order valence-corrected chi connectivity index (χ1v) is 7.08. The zero-order valence-electron chi connectivity index (χ0n) is 11.6. The minimum atomic E-state index is -0.0188. The van der Waals surface area contributed by atoms with Crippen molar-refractivity contribution in [2.24, 2.45) is 5.92 Å². The summed E-state index contributed by atoms with van der Waals surface area (Å²) in [6, 6.07) is 0. The lowest BCUT2D eigenvalue weighted by molar-refractivity contribution is -0.150. The van der Waals surface area contributed by atoms with Gasteiger partial charge in [-0.2, -0.15) is 0 Å². The Hall–Kier alpha value is 0.190. The van der Waals surface area contributed by atoms with Crippen molar-refractivity contribution in [2.45, 2.75) is 65.0 Å². The number of carbonyl (C=O) groups is 1. The number of carbonyl (C=O) groups excluding carboxylic acids is 1. The normalized spacial score (nSPS) is 12.8. The summed E-state index contributed by atoms with van der Waals surface area (Å²) >= 11 is 0. The quantitative estimate of drug-likeness (QED) is 0.379. The Kier molecular flexibility index (Phi) is 11.7. The van der Waals surface area contributed by atoms with E-state index in [0.717, 1.165) is 32.1 Å². The molecule has 0 rings (SSSR count). The van der Waals surface area contributed by atoms with Crippen LogP contribution in [-0.4, -0.2) is 17.7 Å². The van der Waals surface area contributed by atoms with Gasteiger partial charge in [-0.05, 0) is 30.8 Å². The largest absolute Gasteiger partial charge is 0.465 e. The molecule has 0 aromatic heterocycles. The van der Waals surface area contributed by atoms with Gasteiger partial charge in [-0.3, -0.25) is 4.79 Å². The zero-order chi connectivity index (χ0) is 12.6. The van der Waals surface area contributed by atoms with Crippen LogP contribution in [0.4, 0.5) is 0 Å². The molecule has 0 saturated carbocycles. The molecule has 0 saturated heterocycles. The number of hydrogen-bond donors (Lipinski definition) is 0. The maximum absolute atomic E-state index is 12.0. The van der Waals surface area contributed by atoms with Crippen molar-refractivity contribution in [3.8, 4) is 0 Å². The second kappa shape index (κ2) is 10.1. The fourth-order valence-corrected chi connectivity index (χ4v) is 2.34. The van der Waals surface area contributed by atoms with E-state index in [1.807, 2.05) is 0 Å². The molecule has 2 nitrogen and oxygen atoms in total. The maximum Gasteiger partial charge on any atom is 0.309 e.